The van der Waals surface area contributed by atoms with E-state index in [1.807, 2.05) is 6.07 Å². The van der Waals surface area contributed by atoms with Gasteiger partial charge in [0.1, 0.15) is 5.75 Å². The van der Waals surface area contributed by atoms with Gasteiger partial charge >= 0.3 is 0 Å². The van der Waals surface area contributed by atoms with Crippen molar-refractivity contribution < 1.29 is 4.74 Å². The van der Waals surface area contributed by atoms with Crippen LogP contribution in [0.2, 0.25) is 0 Å². The van der Waals surface area contributed by atoms with Gasteiger partial charge in [-0.2, -0.15) is 0 Å². The fourth-order valence-corrected chi connectivity index (χ4v) is 1.75. The average Bonchev–Trinajstić information content (AvgIpc) is 2.28. The van der Waals surface area contributed by atoms with Gasteiger partial charge in [0.25, 0.3) is 0 Å². The Kier molecular flexibility index (Phi) is 4.62. The molecule has 0 aromatic heterocycles. The van der Waals surface area contributed by atoms with Crippen LogP contribution in [-0.4, -0.2) is 26.7 Å². The van der Waals surface area contributed by atoms with Gasteiger partial charge in [0.15, 0.2) is 0 Å². The highest BCUT2D eigenvalue weighted by atomic mass is 16.5. The fourth-order valence-electron chi connectivity index (χ4n) is 1.75. The van der Waals surface area contributed by atoms with Crippen LogP contribution in [0.25, 0.3) is 0 Å². The number of benzene rings is 1. The first-order chi connectivity index (χ1) is 7.60. The van der Waals surface area contributed by atoms with Gasteiger partial charge in [0.05, 0.1) is 12.8 Å². The lowest BCUT2D eigenvalue weighted by atomic mass is 10.1. The molecule has 1 rings (SSSR count). The standard InChI is InChI=1S/C13H22N2O/c1-10-5-6-13(16-4)12(9-10)15(3)11(2)7-8-14/h5-6,9,11H,7-8,14H2,1-4H3. The van der Waals surface area contributed by atoms with E-state index in [-0.39, 0.29) is 0 Å². The fraction of sp³-hybridized carbons (Fsp3) is 0.538. The van der Waals surface area contributed by atoms with Crippen molar-refractivity contribution in [1.82, 2.24) is 0 Å². The van der Waals surface area contributed by atoms with Crippen LogP contribution in [0, 0.1) is 6.92 Å². The molecule has 0 heterocycles. The van der Waals surface area contributed by atoms with E-state index in [1.165, 1.54) is 5.56 Å². The summed E-state index contributed by atoms with van der Waals surface area (Å²) in [5.74, 6) is 0.914. The summed E-state index contributed by atoms with van der Waals surface area (Å²) in [6, 6.07) is 6.63. The molecular weight excluding hydrogens is 200 g/mol. The Bertz CT molecular complexity index is 339. The van der Waals surface area contributed by atoms with E-state index in [0.29, 0.717) is 12.6 Å². The van der Waals surface area contributed by atoms with Gasteiger partial charge in [0, 0.05) is 13.1 Å². The Morgan fingerprint density at radius 1 is 1.44 bits per heavy atom. The molecule has 1 unspecified atom stereocenters. The van der Waals surface area contributed by atoms with Crippen LogP contribution >= 0.6 is 0 Å². The van der Waals surface area contributed by atoms with Crippen LogP contribution in [0.3, 0.4) is 0 Å². The van der Waals surface area contributed by atoms with Gasteiger partial charge in [0.2, 0.25) is 0 Å². The van der Waals surface area contributed by atoms with E-state index in [1.54, 1.807) is 7.11 Å². The van der Waals surface area contributed by atoms with Gasteiger partial charge in [-0.25, -0.2) is 0 Å². The first-order valence-corrected chi connectivity index (χ1v) is 5.67. The van der Waals surface area contributed by atoms with E-state index in [0.717, 1.165) is 17.9 Å². The lowest BCUT2D eigenvalue weighted by Gasteiger charge is -2.28. The third kappa shape index (κ3) is 2.89. The van der Waals surface area contributed by atoms with Crippen molar-refractivity contribution in [2.24, 2.45) is 5.73 Å². The van der Waals surface area contributed by atoms with Gasteiger partial charge in [-0.15, -0.1) is 0 Å². The van der Waals surface area contributed by atoms with Crippen molar-refractivity contribution in [2.75, 3.05) is 25.6 Å². The average molecular weight is 222 g/mol. The van der Waals surface area contributed by atoms with Gasteiger partial charge < -0.3 is 15.4 Å². The molecule has 0 saturated heterocycles. The van der Waals surface area contributed by atoms with Crippen LogP contribution in [0.15, 0.2) is 18.2 Å². The number of ether oxygens (including phenoxy) is 1. The van der Waals surface area contributed by atoms with Crippen molar-refractivity contribution >= 4 is 5.69 Å². The van der Waals surface area contributed by atoms with E-state index in [2.05, 4.69) is 37.9 Å². The molecule has 0 fully saturated rings. The quantitative estimate of drug-likeness (QED) is 0.830. The molecule has 1 aromatic carbocycles. The monoisotopic (exact) mass is 222 g/mol. The Labute approximate surface area is 98.2 Å². The molecule has 3 nitrogen and oxygen atoms in total. The van der Waals surface area contributed by atoms with Crippen molar-refractivity contribution in [1.29, 1.82) is 0 Å². The number of nitrogens with zero attached hydrogens (tertiary/aromatic N) is 1. The molecule has 0 amide bonds. The number of nitrogens with two attached hydrogens (primary N) is 1. The number of rotatable bonds is 5. The van der Waals surface area contributed by atoms with Crippen molar-refractivity contribution in [3.8, 4) is 5.75 Å². The molecule has 1 aromatic rings. The van der Waals surface area contributed by atoms with Crippen molar-refractivity contribution in [2.45, 2.75) is 26.3 Å². The summed E-state index contributed by atoms with van der Waals surface area (Å²) in [4.78, 5) is 2.22. The maximum absolute atomic E-state index is 5.59. The second-order valence-corrected chi connectivity index (χ2v) is 4.21. The first kappa shape index (κ1) is 12.8. The largest absolute Gasteiger partial charge is 0.495 e. The molecule has 1 atom stereocenters. The zero-order valence-corrected chi connectivity index (χ0v) is 10.7. The summed E-state index contributed by atoms with van der Waals surface area (Å²) < 4.78 is 5.38. The summed E-state index contributed by atoms with van der Waals surface area (Å²) in [6.07, 6.45) is 0.980. The number of aryl methyl sites for hydroxylation is 1. The highest BCUT2D eigenvalue weighted by molar-refractivity contribution is 5.60. The smallest absolute Gasteiger partial charge is 0.142 e. The number of hydrogen-bond donors (Lipinski definition) is 1. The van der Waals surface area contributed by atoms with Crippen molar-refractivity contribution in [3.63, 3.8) is 0 Å². The van der Waals surface area contributed by atoms with Crippen LogP contribution in [0.1, 0.15) is 18.9 Å². The zero-order valence-electron chi connectivity index (χ0n) is 10.7. The molecular formula is C13H22N2O. The summed E-state index contributed by atoms with van der Waals surface area (Å²) in [7, 11) is 3.78. The SMILES string of the molecule is COc1ccc(C)cc1N(C)C(C)CCN. The van der Waals surface area contributed by atoms with E-state index in [4.69, 9.17) is 10.5 Å². The second-order valence-electron chi connectivity index (χ2n) is 4.21. The molecule has 16 heavy (non-hydrogen) atoms. The first-order valence-electron chi connectivity index (χ1n) is 5.67. The van der Waals surface area contributed by atoms with Gasteiger partial charge in [-0.05, 0) is 44.5 Å². The summed E-state index contributed by atoms with van der Waals surface area (Å²) >= 11 is 0. The third-order valence-corrected chi connectivity index (χ3v) is 2.96. The highest BCUT2D eigenvalue weighted by Gasteiger charge is 2.13. The molecule has 0 aliphatic carbocycles. The van der Waals surface area contributed by atoms with E-state index in [9.17, 15) is 0 Å². The minimum Gasteiger partial charge on any atom is -0.495 e. The summed E-state index contributed by atoms with van der Waals surface area (Å²) in [5, 5.41) is 0. The predicted molar refractivity (Wildman–Crippen MR) is 69.3 cm³/mol. The van der Waals surface area contributed by atoms with E-state index >= 15 is 0 Å². The Morgan fingerprint density at radius 3 is 2.69 bits per heavy atom. The van der Waals surface area contributed by atoms with Gasteiger partial charge in [-0.3, -0.25) is 0 Å². The summed E-state index contributed by atoms with van der Waals surface area (Å²) in [6.45, 7) is 4.97. The molecule has 0 saturated carbocycles. The normalized spacial score (nSPS) is 12.3. The molecule has 0 spiro atoms. The lowest BCUT2D eigenvalue weighted by Crippen LogP contribution is -2.31. The number of methoxy groups -OCH3 is 1. The highest BCUT2D eigenvalue weighted by Crippen LogP contribution is 2.29. The Morgan fingerprint density at radius 2 is 2.12 bits per heavy atom. The molecule has 0 aliphatic heterocycles. The molecule has 0 aliphatic rings. The van der Waals surface area contributed by atoms with Gasteiger partial charge in [-0.1, -0.05) is 6.07 Å². The predicted octanol–water partition coefficient (Wildman–Crippen LogP) is 2.18. The Hall–Kier alpha value is -1.22. The molecule has 2 N–H and O–H groups in total. The molecule has 90 valence electrons. The molecule has 0 radical (unpaired) electrons. The van der Waals surface area contributed by atoms with Crippen LogP contribution in [-0.2, 0) is 0 Å². The maximum Gasteiger partial charge on any atom is 0.142 e. The Balaban J connectivity index is 2.96. The molecule has 0 bridgehead atoms. The minimum absolute atomic E-state index is 0.417. The second kappa shape index (κ2) is 5.75. The van der Waals surface area contributed by atoms with Crippen LogP contribution in [0.4, 0.5) is 5.69 Å². The number of anilines is 1. The topological polar surface area (TPSA) is 38.5 Å². The third-order valence-electron chi connectivity index (χ3n) is 2.96. The zero-order chi connectivity index (χ0) is 12.1. The maximum atomic E-state index is 5.59. The van der Waals surface area contributed by atoms with Crippen LogP contribution < -0.4 is 15.4 Å². The molecule has 3 heteroatoms. The summed E-state index contributed by atoms with van der Waals surface area (Å²) in [5.41, 5.74) is 7.95. The minimum atomic E-state index is 0.417. The van der Waals surface area contributed by atoms with Crippen LogP contribution in [0.5, 0.6) is 5.75 Å². The lowest BCUT2D eigenvalue weighted by molar-refractivity contribution is 0.413. The van der Waals surface area contributed by atoms with Crippen molar-refractivity contribution in [3.05, 3.63) is 23.8 Å². The number of hydrogen-bond acceptors (Lipinski definition) is 3. The van der Waals surface area contributed by atoms with E-state index < -0.39 is 0 Å².